The van der Waals surface area contributed by atoms with Gasteiger partial charge in [0, 0.05) is 86.8 Å². The molecule has 6 bridgehead atoms. The van der Waals surface area contributed by atoms with Crippen molar-refractivity contribution in [2.45, 2.75) is 142 Å². The Labute approximate surface area is 456 Å². The quantitative estimate of drug-likeness (QED) is 0.0854. The Kier molecular flexibility index (Phi) is 17.0. The summed E-state index contributed by atoms with van der Waals surface area (Å²) in [6.45, 7) is 11.8. The molecule has 0 saturated carbocycles. The Bertz CT molecular complexity index is 3050. The number of ether oxygens (including phenoxy) is 2. The minimum absolute atomic E-state index is 0.0625. The van der Waals surface area contributed by atoms with Gasteiger partial charge in [-0.2, -0.15) is 13.2 Å². The van der Waals surface area contributed by atoms with Crippen molar-refractivity contribution in [1.82, 2.24) is 40.0 Å². The first-order chi connectivity index (χ1) is 37.1. The number of aromatic nitrogens is 2. The number of carbonyl (C=O) groups is 5. The third-order valence-electron chi connectivity index (χ3n) is 15.6. The molecule has 0 radical (unpaired) electrons. The molecule has 0 unspecified atom stereocenters. The number of benzene rings is 2. The van der Waals surface area contributed by atoms with E-state index in [9.17, 15) is 37.1 Å². The molecule has 6 heterocycles. The van der Waals surface area contributed by atoms with Crippen LogP contribution in [0.25, 0.3) is 33.3 Å². The summed E-state index contributed by atoms with van der Waals surface area (Å²) in [7, 11) is 2.72. The van der Waals surface area contributed by atoms with Gasteiger partial charge in [0.1, 0.15) is 24.7 Å². The van der Waals surface area contributed by atoms with Crippen molar-refractivity contribution in [3.63, 3.8) is 0 Å². The Balaban J connectivity index is 1.19. The summed E-state index contributed by atoms with van der Waals surface area (Å²) in [6, 6.07) is 7.99. The fourth-order valence-corrected chi connectivity index (χ4v) is 11.2. The SMILES string of the molecule is CO[C@@H](C)c1ncccc1-c1c2c3cc(ccc3n1CC(F)(F)F)-c1cc(cc(C(F)F)c1)C[C@H](NC(=O)[C@H](C(C)C)N(C)C(=O)[C@@]1(F)CCN(C(=O)C#CC(C)(C)N3CCC3)C1)C(=O)N1CCC[C@H](N1)C(=O)OCC(C)(C)C2. The molecule has 5 atom stereocenters. The van der Waals surface area contributed by atoms with Crippen LogP contribution >= 0.6 is 0 Å². The molecule has 15 nitrogen and oxygen atoms in total. The molecule has 2 aromatic carbocycles. The summed E-state index contributed by atoms with van der Waals surface area (Å²) in [6.07, 6.45) is -6.00. The number of carbonyl (C=O) groups excluding carboxylic acids is 5. The van der Waals surface area contributed by atoms with E-state index >= 15 is 13.2 Å². The van der Waals surface area contributed by atoms with E-state index in [2.05, 4.69) is 32.5 Å². The van der Waals surface area contributed by atoms with E-state index in [0.29, 0.717) is 34.2 Å². The number of hydrazine groups is 1. The maximum Gasteiger partial charge on any atom is 0.406 e. The highest BCUT2D eigenvalue weighted by atomic mass is 19.4. The zero-order valence-electron chi connectivity index (χ0n) is 46.2. The Hall–Kier alpha value is -6.50. The number of fused-ring (bicyclic) bond motifs is 6. The van der Waals surface area contributed by atoms with E-state index in [-0.39, 0.29) is 61.3 Å². The number of methoxy groups -OCH3 is 1. The number of likely N-dealkylation sites (tertiary alicyclic amines) is 2. The summed E-state index contributed by atoms with van der Waals surface area (Å²) >= 11 is 0. The number of pyridine rings is 1. The predicted octanol–water partition coefficient (Wildman–Crippen LogP) is 8.14. The Morgan fingerprint density at radius 1 is 1.00 bits per heavy atom. The summed E-state index contributed by atoms with van der Waals surface area (Å²) in [4.78, 5) is 79.9. The van der Waals surface area contributed by atoms with E-state index in [1.54, 1.807) is 58.9 Å². The number of hydrogen-bond donors (Lipinski definition) is 2. The van der Waals surface area contributed by atoms with Crippen molar-refractivity contribution >= 4 is 40.5 Å². The lowest BCUT2D eigenvalue weighted by Crippen LogP contribution is -2.62. The molecule has 2 aromatic heterocycles. The van der Waals surface area contributed by atoms with E-state index in [4.69, 9.17) is 9.47 Å². The molecule has 2 N–H and O–H groups in total. The minimum Gasteiger partial charge on any atom is -0.464 e. The number of hydrogen-bond acceptors (Lipinski definition) is 10. The lowest BCUT2D eigenvalue weighted by molar-refractivity contribution is -0.155. The zero-order valence-corrected chi connectivity index (χ0v) is 46.2. The van der Waals surface area contributed by atoms with Gasteiger partial charge >= 0.3 is 12.1 Å². The second-order valence-corrected chi connectivity index (χ2v) is 23.1. The third-order valence-corrected chi connectivity index (χ3v) is 15.6. The maximum absolute atomic E-state index is 16.9. The maximum atomic E-state index is 16.9. The van der Waals surface area contributed by atoms with Crippen molar-refractivity contribution in [1.29, 1.82) is 0 Å². The van der Waals surface area contributed by atoms with Crippen LogP contribution in [-0.2, 0) is 52.8 Å². The fraction of sp³-hybridized carbons (Fsp3) is 0.552. The largest absolute Gasteiger partial charge is 0.464 e. The minimum atomic E-state index is -4.70. The smallest absolute Gasteiger partial charge is 0.406 e. The topological polar surface area (TPSA) is 159 Å². The molecule has 21 heteroatoms. The molecule has 0 aliphatic carbocycles. The molecule has 426 valence electrons. The van der Waals surface area contributed by atoms with Crippen molar-refractivity contribution in [2.24, 2.45) is 11.3 Å². The summed E-state index contributed by atoms with van der Waals surface area (Å²) in [5.74, 6) is 0.890. The first-order valence-electron chi connectivity index (χ1n) is 26.8. The molecule has 3 saturated heterocycles. The molecular formula is C58H70F6N8O7. The van der Waals surface area contributed by atoms with Crippen molar-refractivity contribution in [3.8, 4) is 34.2 Å². The van der Waals surface area contributed by atoms with Crippen molar-refractivity contribution in [3.05, 3.63) is 77.1 Å². The number of nitrogens with one attached hydrogen (secondary N) is 2. The average Bonchev–Trinajstić information content (AvgIpc) is 4.14. The second-order valence-electron chi connectivity index (χ2n) is 23.1. The van der Waals surface area contributed by atoms with Crippen LogP contribution in [0.15, 0.2) is 54.7 Å². The van der Waals surface area contributed by atoms with E-state index in [1.165, 1.54) is 59.1 Å². The van der Waals surface area contributed by atoms with Crippen LogP contribution in [0.4, 0.5) is 26.3 Å². The van der Waals surface area contributed by atoms with Crippen LogP contribution in [0.3, 0.4) is 0 Å². The highest BCUT2D eigenvalue weighted by Gasteiger charge is 2.50. The number of esters is 1. The van der Waals surface area contributed by atoms with Gasteiger partial charge in [0.05, 0.1) is 36.2 Å². The molecule has 79 heavy (non-hydrogen) atoms. The molecular weight excluding hydrogens is 1030 g/mol. The number of amides is 4. The standard InChI is InChI=1S/C58H70F6N8O7/c1-34(2)48(68(8)54(77)57(61)19-24-69(31-57)46(73)17-18-56(6,7)70-21-12-22-70)51(74)66-44-27-36-25-38(28-39(26-36)50(59)60)37-15-16-45-41(29-37)42(30-55(4,5)33-79-53(76)43-14-11-23-72(67-43)52(44)75)49(71(45)32-58(62,63)64)40-13-10-20-65-47(40)35(3)78-9/h10,13,15-16,20,25-26,28-29,34-35,43-44,48,50,67H,11-12,14,19,21-24,27,30-33H2,1-9H3,(H,66,74)/t35-,43-,44-,48-,57+/m0/s1. The highest BCUT2D eigenvalue weighted by molar-refractivity contribution is 5.98. The monoisotopic (exact) mass is 1100 g/mol. The number of likely N-dealkylation sites (N-methyl/N-ethyl adjacent to an activating group) is 1. The van der Waals surface area contributed by atoms with Crippen molar-refractivity contribution in [2.75, 3.05) is 53.5 Å². The first kappa shape index (κ1) is 58.6. The number of rotatable bonds is 11. The van der Waals surface area contributed by atoms with Gasteiger partial charge < -0.3 is 29.2 Å². The number of alkyl halides is 6. The van der Waals surface area contributed by atoms with Gasteiger partial charge in [-0.3, -0.25) is 38.9 Å². The lowest BCUT2D eigenvalue weighted by atomic mass is 9.84. The van der Waals surface area contributed by atoms with Gasteiger partial charge in [-0.25, -0.2) is 18.6 Å². The van der Waals surface area contributed by atoms with Gasteiger partial charge in [0.2, 0.25) is 11.6 Å². The molecule has 4 aliphatic rings. The van der Waals surface area contributed by atoms with Crippen LogP contribution in [0.5, 0.6) is 0 Å². The van der Waals surface area contributed by atoms with Crippen LogP contribution in [0, 0.1) is 23.2 Å². The van der Waals surface area contributed by atoms with Gasteiger partial charge in [-0.1, -0.05) is 51.8 Å². The third kappa shape index (κ3) is 12.8. The van der Waals surface area contributed by atoms with E-state index in [1.807, 2.05) is 13.8 Å². The van der Waals surface area contributed by atoms with Gasteiger partial charge in [0.25, 0.3) is 24.1 Å². The second kappa shape index (κ2) is 22.9. The molecule has 0 spiro atoms. The summed E-state index contributed by atoms with van der Waals surface area (Å²) < 4.78 is 104. The summed E-state index contributed by atoms with van der Waals surface area (Å²) in [5, 5.41) is 4.30. The number of nitrogens with zero attached hydrogens (tertiary/aromatic N) is 6. The normalized spacial score (nSPS) is 21.9. The lowest BCUT2D eigenvalue weighted by Gasteiger charge is -2.41. The molecule has 8 rings (SSSR count). The predicted molar refractivity (Wildman–Crippen MR) is 283 cm³/mol. The summed E-state index contributed by atoms with van der Waals surface area (Å²) in [5.41, 5.74) is 0.709. The average molecular weight is 1110 g/mol. The highest BCUT2D eigenvalue weighted by Crippen LogP contribution is 2.44. The van der Waals surface area contributed by atoms with E-state index < -0.39 is 114 Å². The zero-order chi connectivity index (χ0) is 57.5. The van der Waals surface area contributed by atoms with Gasteiger partial charge in [0.15, 0.2) is 0 Å². The molecule has 4 aliphatic heterocycles. The van der Waals surface area contributed by atoms with Gasteiger partial charge in [-0.15, -0.1) is 0 Å². The van der Waals surface area contributed by atoms with Crippen molar-refractivity contribution < 1.29 is 59.8 Å². The molecule has 3 fully saturated rings. The van der Waals surface area contributed by atoms with Crippen LogP contribution < -0.4 is 10.7 Å². The van der Waals surface area contributed by atoms with Crippen LogP contribution in [0.2, 0.25) is 0 Å². The van der Waals surface area contributed by atoms with Crippen LogP contribution in [-0.4, -0.2) is 148 Å². The first-order valence-corrected chi connectivity index (χ1v) is 26.8. The Morgan fingerprint density at radius 3 is 2.39 bits per heavy atom. The number of halogens is 6. The molecule has 4 amide bonds. The van der Waals surface area contributed by atoms with Gasteiger partial charge in [-0.05, 0) is 111 Å². The Morgan fingerprint density at radius 2 is 1.73 bits per heavy atom. The number of cyclic esters (lactones) is 1. The van der Waals surface area contributed by atoms with E-state index in [0.717, 1.165) is 24.4 Å². The van der Waals surface area contributed by atoms with Crippen LogP contribution in [0.1, 0.15) is 109 Å². The molecule has 4 aromatic rings. The fourth-order valence-electron chi connectivity index (χ4n) is 11.2.